The highest BCUT2D eigenvalue weighted by molar-refractivity contribution is 5.75. The van der Waals surface area contributed by atoms with Crippen LogP contribution in [0.3, 0.4) is 0 Å². The Morgan fingerprint density at radius 1 is 1.47 bits per heavy atom. The third kappa shape index (κ3) is 4.48. The number of carbonyl (C=O) groups excluding carboxylic acids is 1. The van der Waals surface area contributed by atoms with Crippen LogP contribution in [-0.2, 0) is 9.53 Å². The summed E-state index contributed by atoms with van der Waals surface area (Å²) in [6.45, 7) is 7.28. The summed E-state index contributed by atoms with van der Waals surface area (Å²) in [5, 5.41) is 2.98. The fourth-order valence-corrected chi connectivity index (χ4v) is 2.47. The van der Waals surface area contributed by atoms with Gasteiger partial charge in [-0.25, -0.2) is 0 Å². The molecule has 1 fully saturated rings. The summed E-state index contributed by atoms with van der Waals surface area (Å²) in [5.74, 6) is 0.122. The van der Waals surface area contributed by atoms with E-state index in [0.717, 1.165) is 45.7 Å². The van der Waals surface area contributed by atoms with Crippen molar-refractivity contribution in [2.24, 2.45) is 0 Å². The Kier molecular flexibility index (Phi) is 5.61. The summed E-state index contributed by atoms with van der Waals surface area (Å²) in [5.41, 5.74) is 2.76. The Labute approximate surface area is 117 Å². The lowest BCUT2D eigenvalue weighted by Crippen LogP contribution is -2.38. The summed E-state index contributed by atoms with van der Waals surface area (Å²) < 4.78 is 5.38. The van der Waals surface area contributed by atoms with E-state index in [1.807, 2.05) is 6.92 Å². The van der Waals surface area contributed by atoms with E-state index in [4.69, 9.17) is 4.74 Å². The Bertz CT molecular complexity index is 374. The van der Waals surface area contributed by atoms with Crippen molar-refractivity contribution in [3.63, 3.8) is 0 Å². The van der Waals surface area contributed by atoms with Gasteiger partial charge < -0.3 is 10.1 Å². The van der Waals surface area contributed by atoms with E-state index >= 15 is 0 Å². The molecule has 0 aromatic carbocycles. The Hall–Kier alpha value is -1.13. The zero-order valence-electron chi connectivity index (χ0n) is 11.8. The quantitative estimate of drug-likeness (QED) is 0.824. The van der Waals surface area contributed by atoms with Gasteiger partial charge in [0.1, 0.15) is 0 Å². The molecule has 0 radical (unpaired) electrons. The molecule has 1 amide bonds. The molecule has 1 saturated heterocycles. The number of hydrogen-bond acceptors (Lipinski definition) is 3. The summed E-state index contributed by atoms with van der Waals surface area (Å²) >= 11 is 0. The van der Waals surface area contributed by atoms with Crippen molar-refractivity contribution in [1.82, 2.24) is 10.2 Å². The lowest BCUT2D eigenvalue weighted by molar-refractivity contribution is -0.120. The Morgan fingerprint density at radius 3 is 3.00 bits per heavy atom. The van der Waals surface area contributed by atoms with E-state index in [1.165, 1.54) is 11.1 Å². The molecule has 0 saturated carbocycles. The van der Waals surface area contributed by atoms with Gasteiger partial charge in [-0.2, -0.15) is 0 Å². The average molecular weight is 266 g/mol. The first kappa shape index (κ1) is 14.3. The normalized spacial score (nSPS) is 20.7. The van der Waals surface area contributed by atoms with E-state index in [2.05, 4.69) is 22.4 Å². The Balaban J connectivity index is 0.00000200. The molecule has 1 aliphatic carbocycles. The first-order valence-electron chi connectivity index (χ1n) is 7.24. The maximum Gasteiger partial charge on any atom is 0.219 e. The highest BCUT2D eigenvalue weighted by Gasteiger charge is 2.15. The van der Waals surface area contributed by atoms with Crippen LogP contribution in [0.5, 0.6) is 0 Å². The number of allylic oxidation sites excluding steroid dienone is 1. The molecule has 19 heavy (non-hydrogen) atoms. The largest absolute Gasteiger partial charge is 0.379 e. The number of nitrogens with zero attached hydrogens (tertiary/aromatic N) is 1. The van der Waals surface area contributed by atoms with Crippen LogP contribution in [0.15, 0.2) is 23.3 Å². The molecule has 0 spiro atoms. The molecular formula is C15H26N2O2. The monoisotopic (exact) mass is 266 g/mol. The zero-order valence-corrected chi connectivity index (χ0v) is 11.8. The van der Waals surface area contributed by atoms with Crippen molar-refractivity contribution in [3.8, 4) is 0 Å². The van der Waals surface area contributed by atoms with Crippen LogP contribution in [0.4, 0.5) is 0 Å². The van der Waals surface area contributed by atoms with Crippen molar-refractivity contribution < 1.29 is 11.0 Å². The van der Waals surface area contributed by atoms with Gasteiger partial charge in [0.2, 0.25) is 5.91 Å². The van der Waals surface area contributed by atoms with Gasteiger partial charge in [-0.15, -0.1) is 0 Å². The van der Waals surface area contributed by atoms with Crippen molar-refractivity contribution in [2.75, 3.05) is 39.4 Å². The van der Waals surface area contributed by atoms with E-state index in [-0.39, 0.29) is 7.33 Å². The molecule has 0 aromatic rings. The van der Waals surface area contributed by atoms with Crippen LogP contribution in [0.2, 0.25) is 0 Å². The predicted octanol–water partition coefficient (Wildman–Crippen LogP) is 1.74. The standard InChI is InChI=1S/C15H24N2O2.H2/c1-2-15(18)16-11-13-5-3-4-6-14(13)12-17-7-9-19-10-8-17;/h3,5H,2,4,6-12H2,1H3,(H,16,18);1H. The lowest BCUT2D eigenvalue weighted by atomic mass is 9.96. The zero-order chi connectivity index (χ0) is 13.5. The number of nitrogens with one attached hydrogen (secondary N) is 1. The van der Waals surface area contributed by atoms with Gasteiger partial charge in [0.15, 0.2) is 0 Å². The molecule has 1 heterocycles. The number of hydrogen-bond donors (Lipinski definition) is 1. The van der Waals surface area contributed by atoms with Crippen LogP contribution in [-0.4, -0.2) is 50.2 Å². The number of rotatable bonds is 5. The van der Waals surface area contributed by atoms with Crippen LogP contribution in [0.1, 0.15) is 27.6 Å². The molecule has 0 unspecified atom stereocenters. The van der Waals surface area contributed by atoms with E-state index in [1.54, 1.807) is 0 Å². The maximum absolute atomic E-state index is 11.4. The van der Waals surface area contributed by atoms with E-state index in [9.17, 15) is 4.79 Å². The molecule has 0 bridgehead atoms. The molecule has 108 valence electrons. The SMILES string of the molecule is CCC(=O)NCC1=C(CN2CCOCC2)CCC=C1.[HH]. The fraction of sp³-hybridized carbons (Fsp3) is 0.667. The summed E-state index contributed by atoms with van der Waals surface area (Å²) in [6, 6.07) is 0. The number of morpholine rings is 1. The van der Waals surface area contributed by atoms with Crippen molar-refractivity contribution in [2.45, 2.75) is 26.2 Å². The second kappa shape index (κ2) is 7.46. The molecule has 4 heteroatoms. The predicted molar refractivity (Wildman–Crippen MR) is 78.1 cm³/mol. The second-order valence-corrected chi connectivity index (χ2v) is 5.09. The van der Waals surface area contributed by atoms with Crippen LogP contribution in [0, 0.1) is 0 Å². The van der Waals surface area contributed by atoms with Crippen LogP contribution >= 0.6 is 0 Å². The minimum Gasteiger partial charge on any atom is -0.379 e. The Morgan fingerprint density at radius 2 is 2.26 bits per heavy atom. The number of amides is 1. The molecule has 2 rings (SSSR count). The number of ether oxygens (including phenoxy) is 1. The molecule has 1 aliphatic heterocycles. The van der Waals surface area contributed by atoms with Gasteiger partial charge in [0, 0.05) is 34.0 Å². The topological polar surface area (TPSA) is 41.6 Å². The van der Waals surface area contributed by atoms with E-state index in [0.29, 0.717) is 13.0 Å². The molecule has 2 aliphatic rings. The first-order chi connectivity index (χ1) is 9.29. The molecule has 0 aromatic heterocycles. The number of carbonyl (C=O) groups is 1. The van der Waals surface area contributed by atoms with Gasteiger partial charge >= 0.3 is 0 Å². The average Bonchev–Trinajstić information content (AvgIpc) is 2.47. The van der Waals surface area contributed by atoms with Crippen molar-refractivity contribution in [3.05, 3.63) is 23.3 Å². The highest BCUT2D eigenvalue weighted by Crippen LogP contribution is 2.20. The van der Waals surface area contributed by atoms with Gasteiger partial charge in [0.25, 0.3) is 0 Å². The third-order valence-corrected chi connectivity index (χ3v) is 3.70. The lowest BCUT2D eigenvalue weighted by Gasteiger charge is -2.29. The van der Waals surface area contributed by atoms with Gasteiger partial charge in [-0.05, 0) is 18.4 Å². The summed E-state index contributed by atoms with van der Waals surface area (Å²) in [7, 11) is 0. The summed E-state index contributed by atoms with van der Waals surface area (Å²) in [4.78, 5) is 13.8. The minimum atomic E-state index is 0. The highest BCUT2D eigenvalue weighted by atomic mass is 16.5. The van der Waals surface area contributed by atoms with E-state index < -0.39 is 0 Å². The molecule has 0 atom stereocenters. The molecule has 4 nitrogen and oxygen atoms in total. The minimum absolute atomic E-state index is 0. The van der Waals surface area contributed by atoms with Crippen LogP contribution < -0.4 is 5.32 Å². The fourth-order valence-electron chi connectivity index (χ4n) is 2.47. The van der Waals surface area contributed by atoms with Gasteiger partial charge in [-0.1, -0.05) is 24.6 Å². The maximum atomic E-state index is 11.4. The molecular weight excluding hydrogens is 240 g/mol. The van der Waals surface area contributed by atoms with Gasteiger partial charge in [-0.3, -0.25) is 9.69 Å². The second-order valence-electron chi connectivity index (χ2n) is 5.09. The van der Waals surface area contributed by atoms with Crippen molar-refractivity contribution >= 4 is 5.91 Å². The van der Waals surface area contributed by atoms with Crippen molar-refractivity contribution in [1.29, 1.82) is 0 Å². The smallest absolute Gasteiger partial charge is 0.219 e. The molecule has 1 N–H and O–H groups in total. The summed E-state index contributed by atoms with van der Waals surface area (Å²) in [6.07, 6.45) is 7.16. The van der Waals surface area contributed by atoms with Crippen LogP contribution in [0.25, 0.3) is 0 Å². The third-order valence-electron chi connectivity index (χ3n) is 3.70. The first-order valence-corrected chi connectivity index (χ1v) is 7.24. The van der Waals surface area contributed by atoms with Gasteiger partial charge in [0.05, 0.1) is 13.2 Å².